The zero-order valence-corrected chi connectivity index (χ0v) is 16.9. The molecule has 0 saturated carbocycles. The van der Waals surface area contributed by atoms with Crippen LogP contribution in [0.25, 0.3) is 11.1 Å². The zero-order chi connectivity index (χ0) is 21.1. The van der Waals surface area contributed by atoms with Gasteiger partial charge in [0.2, 0.25) is 0 Å². The maximum Gasteiger partial charge on any atom is 0.166 e. The summed E-state index contributed by atoms with van der Waals surface area (Å²) in [6.07, 6.45) is 3.24. The molecule has 0 radical (unpaired) electrons. The van der Waals surface area contributed by atoms with Crippen LogP contribution in [0.5, 0.6) is 5.75 Å². The molecule has 2 atom stereocenters. The number of aliphatic hydroxyl groups excluding tert-OH is 2. The second-order valence-corrected chi connectivity index (χ2v) is 7.20. The van der Waals surface area contributed by atoms with Crippen molar-refractivity contribution in [3.63, 3.8) is 0 Å². The van der Waals surface area contributed by atoms with E-state index in [9.17, 15) is 9.50 Å². The smallest absolute Gasteiger partial charge is 0.166 e. The van der Waals surface area contributed by atoms with Gasteiger partial charge in [-0.05, 0) is 25.1 Å². The number of anilines is 1. The average molecular weight is 441 g/mol. The van der Waals surface area contributed by atoms with Crippen LogP contribution in [-0.2, 0) is 6.54 Å². The minimum atomic E-state index is -0.909. The van der Waals surface area contributed by atoms with Gasteiger partial charge in [0, 0.05) is 34.1 Å². The van der Waals surface area contributed by atoms with Gasteiger partial charge in [-0.1, -0.05) is 23.2 Å². The van der Waals surface area contributed by atoms with Gasteiger partial charge in [-0.25, -0.2) is 9.37 Å². The largest absolute Gasteiger partial charge is 0.482 e. The average Bonchev–Trinajstić information content (AvgIpc) is 3.15. The highest BCUT2D eigenvalue weighted by molar-refractivity contribution is 6.36. The van der Waals surface area contributed by atoms with E-state index < -0.39 is 18.0 Å². The number of rotatable bonds is 7. The zero-order valence-electron chi connectivity index (χ0n) is 15.4. The summed E-state index contributed by atoms with van der Waals surface area (Å²) in [7, 11) is 0. The summed E-state index contributed by atoms with van der Waals surface area (Å²) in [5, 5.41) is 22.8. The Hall–Kier alpha value is -2.39. The summed E-state index contributed by atoms with van der Waals surface area (Å²) >= 11 is 12.2. The van der Waals surface area contributed by atoms with Gasteiger partial charge in [-0.2, -0.15) is 5.10 Å². The van der Waals surface area contributed by atoms with Crippen LogP contribution in [0.2, 0.25) is 10.0 Å². The number of halogens is 3. The second kappa shape index (κ2) is 8.96. The van der Waals surface area contributed by atoms with E-state index in [2.05, 4.69) is 10.1 Å². The lowest BCUT2D eigenvalue weighted by atomic mass is 10.1. The van der Waals surface area contributed by atoms with Crippen molar-refractivity contribution < 1.29 is 19.3 Å². The number of pyridine rings is 1. The highest BCUT2D eigenvalue weighted by Crippen LogP contribution is 2.36. The van der Waals surface area contributed by atoms with Crippen LogP contribution >= 0.6 is 23.2 Å². The number of nitrogens with zero attached hydrogens (tertiary/aromatic N) is 3. The Morgan fingerprint density at radius 2 is 2.03 bits per heavy atom. The summed E-state index contributed by atoms with van der Waals surface area (Å²) in [4.78, 5) is 4.14. The minimum Gasteiger partial charge on any atom is -0.482 e. The van der Waals surface area contributed by atoms with Gasteiger partial charge >= 0.3 is 0 Å². The Balaban J connectivity index is 1.86. The van der Waals surface area contributed by atoms with Crippen molar-refractivity contribution in [3.05, 3.63) is 58.2 Å². The highest BCUT2D eigenvalue weighted by atomic mass is 35.5. The molecular formula is C19H19Cl2FN4O3. The van der Waals surface area contributed by atoms with Gasteiger partial charge in [-0.3, -0.25) is 4.68 Å². The molecule has 29 heavy (non-hydrogen) atoms. The topological polar surface area (TPSA) is 106 Å². The molecular weight excluding hydrogens is 422 g/mol. The van der Waals surface area contributed by atoms with Crippen LogP contribution in [-0.4, -0.2) is 37.7 Å². The summed E-state index contributed by atoms with van der Waals surface area (Å²) < 4.78 is 21.2. The molecule has 0 amide bonds. The summed E-state index contributed by atoms with van der Waals surface area (Å²) in [6, 6.07) is 4.26. The molecule has 2 unspecified atom stereocenters. The van der Waals surface area contributed by atoms with E-state index in [1.165, 1.54) is 16.8 Å². The lowest BCUT2D eigenvalue weighted by Gasteiger charge is -2.19. The molecule has 0 spiro atoms. The minimum absolute atomic E-state index is 0.114. The van der Waals surface area contributed by atoms with Crippen molar-refractivity contribution >= 4 is 29.0 Å². The lowest BCUT2D eigenvalue weighted by molar-refractivity contribution is 0.0783. The van der Waals surface area contributed by atoms with Gasteiger partial charge in [0.05, 0.1) is 30.5 Å². The summed E-state index contributed by atoms with van der Waals surface area (Å²) in [5.74, 6) is -0.180. The Bertz CT molecular complexity index is 1020. The van der Waals surface area contributed by atoms with Crippen LogP contribution < -0.4 is 10.5 Å². The number of benzene rings is 1. The molecule has 3 rings (SSSR count). The third kappa shape index (κ3) is 4.79. The van der Waals surface area contributed by atoms with Crippen LogP contribution in [0.15, 0.2) is 36.8 Å². The molecule has 0 aliphatic rings. The third-order valence-electron chi connectivity index (χ3n) is 4.25. The SMILES string of the molecule is CC(Oc1cc(-c2cnn(CC(O)CO)c2)cnc1N)c1c(Cl)ccc(F)c1Cl. The molecule has 0 bridgehead atoms. The maximum absolute atomic E-state index is 13.8. The van der Waals surface area contributed by atoms with E-state index >= 15 is 0 Å². The number of hydrogen-bond donors (Lipinski definition) is 3. The van der Waals surface area contributed by atoms with E-state index in [1.807, 2.05) is 0 Å². The summed E-state index contributed by atoms with van der Waals surface area (Å²) in [6.45, 7) is 1.46. The second-order valence-electron chi connectivity index (χ2n) is 6.41. The molecule has 0 aliphatic carbocycles. The maximum atomic E-state index is 13.8. The number of nitrogens with two attached hydrogens (primary N) is 1. The van der Waals surface area contributed by atoms with Gasteiger partial charge in [0.1, 0.15) is 11.9 Å². The Morgan fingerprint density at radius 1 is 1.28 bits per heavy atom. The number of aromatic nitrogens is 3. The fourth-order valence-corrected chi connectivity index (χ4v) is 3.44. The first-order chi connectivity index (χ1) is 13.8. The molecule has 0 fully saturated rings. The van der Waals surface area contributed by atoms with Crippen molar-refractivity contribution in [3.8, 4) is 16.9 Å². The molecule has 10 heteroatoms. The third-order valence-corrected chi connectivity index (χ3v) is 4.96. The number of ether oxygens (including phenoxy) is 1. The molecule has 3 aromatic rings. The molecule has 2 heterocycles. The van der Waals surface area contributed by atoms with Crippen molar-refractivity contribution in [2.24, 2.45) is 0 Å². The van der Waals surface area contributed by atoms with Crippen molar-refractivity contribution in [1.29, 1.82) is 0 Å². The van der Waals surface area contributed by atoms with Crippen molar-refractivity contribution in [2.45, 2.75) is 25.7 Å². The Morgan fingerprint density at radius 3 is 2.76 bits per heavy atom. The van der Waals surface area contributed by atoms with Gasteiger partial charge in [0.25, 0.3) is 0 Å². The van der Waals surface area contributed by atoms with E-state index in [4.69, 9.17) is 38.8 Å². The van der Waals surface area contributed by atoms with Gasteiger partial charge < -0.3 is 20.7 Å². The first-order valence-electron chi connectivity index (χ1n) is 8.67. The van der Waals surface area contributed by atoms with E-state index in [0.29, 0.717) is 16.7 Å². The first kappa shape index (κ1) is 21.3. The molecule has 154 valence electrons. The van der Waals surface area contributed by atoms with Crippen LogP contribution in [0, 0.1) is 5.82 Å². The van der Waals surface area contributed by atoms with E-state index in [-0.39, 0.29) is 34.8 Å². The van der Waals surface area contributed by atoms with E-state index in [0.717, 1.165) is 0 Å². The molecule has 1 aromatic carbocycles. The molecule has 4 N–H and O–H groups in total. The predicted molar refractivity (Wildman–Crippen MR) is 108 cm³/mol. The highest BCUT2D eigenvalue weighted by Gasteiger charge is 2.20. The first-order valence-corrected chi connectivity index (χ1v) is 9.43. The lowest BCUT2D eigenvalue weighted by Crippen LogP contribution is -2.19. The fourth-order valence-electron chi connectivity index (χ4n) is 2.76. The van der Waals surface area contributed by atoms with Crippen LogP contribution in [0.3, 0.4) is 0 Å². The van der Waals surface area contributed by atoms with Crippen molar-refractivity contribution in [2.75, 3.05) is 12.3 Å². The van der Waals surface area contributed by atoms with Gasteiger partial charge in [0.15, 0.2) is 11.6 Å². The number of hydrogen-bond acceptors (Lipinski definition) is 6. The normalized spacial score (nSPS) is 13.3. The quantitative estimate of drug-likeness (QED) is 0.485. The molecule has 0 aliphatic heterocycles. The monoisotopic (exact) mass is 440 g/mol. The number of aliphatic hydroxyl groups is 2. The molecule has 2 aromatic heterocycles. The molecule has 0 saturated heterocycles. The fraction of sp³-hybridized carbons (Fsp3) is 0.263. The van der Waals surface area contributed by atoms with Gasteiger partial charge in [-0.15, -0.1) is 0 Å². The summed E-state index contributed by atoms with van der Waals surface area (Å²) in [5.41, 5.74) is 7.62. The Labute approximate surface area is 176 Å². The predicted octanol–water partition coefficient (Wildman–Crippen LogP) is 3.47. The Kier molecular flexibility index (Phi) is 6.59. The van der Waals surface area contributed by atoms with Crippen LogP contribution in [0.4, 0.5) is 10.2 Å². The molecule has 7 nitrogen and oxygen atoms in total. The van der Waals surface area contributed by atoms with E-state index in [1.54, 1.807) is 31.6 Å². The number of nitrogen functional groups attached to an aromatic ring is 1. The van der Waals surface area contributed by atoms with Crippen LogP contribution in [0.1, 0.15) is 18.6 Å². The standard InChI is InChI=1S/C19H19Cl2FN4O3/c1-10(17-14(20)2-3-15(22)18(17)21)29-16-4-11(5-24-19(16)23)12-6-25-26(7-12)8-13(28)9-27/h2-7,10,13,27-28H,8-9H2,1H3,(H2,23,24). The van der Waals surface area contributed by atoms with Crippen molar-refractivity contribution in [1.82, 2.24) is 14.8 Å².